The number of fused-ring (bicyclic) bond motifs is 2. The summed E-state index contributed by atoms with van der Waals surface area (Å²) in [5.74, 6) is 1.17. The van der Waals surface area contributed by atoms with E-state index in [-0.39, 0.29) is 10.7 Å². The van der Waals surface area contributed by atoms with Gasteiger partial charge >= 0.3 is 0 Å². The van der Waals surface area contributed by atoms with Crippen molar-refractivity contribution in [2.24, 2.45) is 0 Å². The molecule has 1 aliphatic heterocycles. The number of hydrogen-bond acceptors (Lipinski definition) is 4. The Labute approximate surface area is 179 Å². The van der Waals surface area contributed by atoms with E-state index in [1.165, 1.54) is 20.9 Å². The molecular formula is C24H18ClN3S. The first-order valence-corrected chi connectivity index (χ1v) is 10.6. The third kappa shape index (κ3) is 3.22. The molecule has 1 aliphatic rings. The van der Waals surface area contributed by atoms with Gasteiger partial charge in [0.15, 0.2) is 11.6 Å². The Morgan fingerprint density at radius 2 is 1.34 bits per heavy atom. The Morgan fingerprint density at radius 1 is 0.690 bits per heavy atom. The third-order valence-electron chi connectivity index (χ3n) is 5.33. The van der Waals surface area contributed by atoms with Crippen molar-refractivity contribution in [2.75, 3.05) is 0 Å². The van der Waals surface area contributed by atoms with Crippen LogP contribution in [0.2, 0.25) is 5.28 Å². The van der Waals surface area contributed by atoms with E-state index in [0.717, 1.165) is 11.1 Å². The highest BCUT2D eigenvalue weighted by Gasteiger charge is 2.33. The summed E-state index contributed by atoms with van der Waals surface area (Å²) in [7, 11) is 0. The van der Waals surface area contributed by atoms with Crippen LogP contribution in [0.5, 0.6) is 0 Å². The van der Waals surface area contributed by atoms with Crippen molar-refractivity contribution in [3.05, 3.63) is 89.2 Å². The molecule has 0 atom stereocenters. The molecule has 0 unspecified atom stereocenters. The first kappa shape index (κ1) is 18.3. The summed E-state index contributed by atoms with van der Waals surface area (Å²) >= 11 is 8.03. The molecule has 1 aromatic heterocycles. The summed E-state index contributed by atoms with van der Waals surface area (Å²) in [5, 5.41) is 0.199. The lowest BCUT2D eigenvalue weighted by atomic mass is 9.77. The minimum Gasteiger partial charge on any atom is -0.208 e. The molecule has 0 spiro atoms. The Hall–Kier alpha value is -2.69. The lowest BCUT2D eigenvalue weighted by Gasteiger charge is -2.34. The molecule has 3 nitrogen and oxygen atoms in total. The lowest BCUT2D eigenvalue weighted by molar-refractivity contribution is 0.607. The van der Waals surface area contributed by atoms with Gasteiger partial charge in [0.25, 0.3) is 0 Å². The highest BCUT2D eigenvalue weighted by atomic mass is 35.5. The molecule has 0 bridgehead atoms. The summed E-state index contributed by atoms with van der Waals surface area (Å²) in [5.41, 5.74) is 4.48. The minimum absolute atomic E-state index is 0.0539. The van der Waals surface area contributed by atoms with E-state index >= 15 is 0 Å². The van der Waals surface area contributed by atoms with Crippen LogP contribution in [-0.4, -0.2) is 15.0 Å². The maximum absolute atomic E-state index is 6.24. The van der Waals surface area contributed by atoms with E-state index in [4.69, 9.17) is 11.6 Å². The summed E-state index contributed by atoms with van der Waals surface area (Å²) < 4.78 is 0. The van der Waals surface area contributed by atoms with Crippen LogP contribution in [0.1, 0.15) is 25.0 Å². The maximum atomic E-state index is 6.24. The second kappa shape index (κ2) is 6.97. The van der Waals surface area contributed by atoms with Gasteiger partial charge in [-0.05, 0) is 34.9 Å². The van der Waals surface area contributed by atoms with Crippen LogP contribution in [0.25, 0.3) is 22.8 Å². The molecule has 0 fully saturated rings. The topological polar surface area (TPSA) is 38.7 Å². The molecule has 4 aromatic rings. The quantitative estimate of drug-likeness (QED) is 0.367. The average Bonchev–Trinajstić information content (AvgIpc) is 2.74. The molecule has 0 saturated carbocycles. The summed E-state index contributed by atoms with van der Waals surface area (Å²) in [6.45, 7) is 4.55. The number of hydrogen-bond donors (Lipinski definition) is 0. The van der Waals surface area contributed by atoms with E-state index in [1.54, 1.807) is 11.8 Å². The van der Waals surface area contributed by atoms with Gasteiger partial charge in [-0.1, -0.05) is 86.3 Å². The van der Waals surface area contributed by atoms with E-state index in [0.29, 0.717) is 11.6 Å². The van der Waals surface area contributed by atoms with Gasteiger partial charge in [-0.2, -0.15) is 9.97 Å². The SMILES string of the molecule is CC1(C)c2ccccc2Sc2cc(-c3nc(Cl)nc(-c4ccccc4)n3)ccc21. The van der Waals surface area contributed by atoms with E-state index < -0.39 is 0 Å². The van der Waals surface area contributed by atoms with Gasteiger partial charge in [-0.3, -0.25) is 0 Å². The number of nitrogens with zero attached hydrogens (tertiary/aromatic N) is 3. The Bertz CT molecular complexity index is 1220. The molecule has 2 heterocycles. The van der Waals surface area contributed by atoms with Crippen molar-refractivity contribution in [3.63, 3.8) is 0 Å². The van der Waals surface area contributed by atoms with Gasteiger partial charge in [-0.15, -0.1) is 0 Å². The fourth-order valence-corrected chi connectivity index (χ4v) is 5.39. The van der Waals surface area contributed by atoms with Crippen LogP contribution in [0.15, 0.2) is 82.6 Å². The zero-order valence-corrected chi connectivity index (χ0v) is 17.6. The molecule has 0 aliphatic carbocycles. The smallest absolute Gasteiger partial charge is 0.208 e. The van der Waals surface area contributed by atoms with E-state index in [1.807, 2.05) is 30.3 Å². The third-order valence-corrected chi connectivity index (χ3v) is 6.64. The second-order valence-corrected chi connectivity index (χ2v) is 8.97. The van der Waals surface area contributed by atoms with Crippen LogP contribution in [0, 0.1) is 0 Å². The molecule has 29 heavy (non-hydrogen) atoms. The molecular weight excluding hydrogens is 398 g/mol. The van der Waals surface area contributed by atoms with E-state index in [9.17, 15) is 0 Å². The van der Waals surface area contributed by atoms with Crippen molar-refractivity contribution < 1.29 is 0 Å². The molecule has 5 heteroatoms. The monoisotopic (exact) mass is 415 g/mol. The first-order valence-electron chi connectivity index (χ1n) is 9.41. The molecule has 0 N–H and O–H groups in total. The Balaban J connectivity index is 1.61. The fraction of sp³-hybridized carbons (Fsp3) is 0.125. The lowest BCUT2D eigenvalue weighted by Crippen LogP contribution is -2.23. The van der Waals surface area contributed by atoms with Gasteiger partial charge in [0.1, 0.15) is 0 Å². The second-order valence-electron chi connectivity index (χ2n) is 7.55. The maximum Gasteiger partial charge on any atom is 0.226 e. The standard InChI is InChI=1S/C24H18ClN3S/c1-24(2)17-10-6-7-11-19(17)29-20-14-16(12-13-18(20)24)22-26-21(27-23(25)28-22)15-8-4-3-5-9-15/h3-14H,1-2H3. The predicted molar refractivity (Wildman–Crippen MR) is 118 cm³/mol. The zero-order chi connectivity index (χ0) is 20.0. The summed E-state index contributed by atoms with van der Waals surface area (Å²) in [6.07, 6.45) is 0. The van der Waals surface area contributed by atoms with Crippen molar-refractivity contribution >= 4 is 23.4 Å². The van der Waals surface area contributed by atoms with Crippen molar-refractivity contribution in [1.29, 1.82) is 0 Å². The highest BCUT2D eigenvalue weighted by molar-refractivity contribution is 7.99. The minimum atomic E-state index is -0.0539. The van der Waals surface area contributed by atoms with Crippen LogP contribution < -0.4 is 0 Å². The van der Waals surface area contributed by atoms with Gasteiger partial charge in [0.05, 0.1) is 0 Å². The van der Waals surface area contributed by atoms with Crippen LogP contribution >= 0.6 is 23.4 Å². The van der Waals surface area contributed by atoms with Crippen LogP contribution in [-0.2, 0) is 5.41 Å². The molecule has 0 radical (unpaired) electrons. The Kier molecular flexibility index (Phi) is 4.41. The summed E-state index contributed by atoms with van der Waals surface area (Å²) in [6, 6.07) is 24.9. The van der Waals surface area contributed by atoms with Crippen molar-refractivity contribution in [1.82, 2.24) is 15.0 Å². The zero-order valence-electron chi connectivity index (χ0n) is 16.1. The molecule has 5 rings (SSSR count). The molecule has 0 amide bonds. The number of aromatic nitrogens is 3. The van der Waals surface area contributed by atoms with Gasteiger partial charge in [-0.25, -0.2) is 4.98 Å². The number of halogens is 1. The Morgan fingerprint density at radius 3 is 2.14 bits per heavy atom. The number of benzene rings is 3. The van der Waals surface area contributed by atoms with Crippen molar-refractivity contribution in [3.8, 4) is 22.8 Å². The first-order chi connectivity index (χ1) is 14.0. The molecule has 142 valence electrons. The average molecular weight is 416 g/mol. The van der Waals surface area contributed by atoms with Crippen LogP contribution in [0.3, 0.4) is 0 Å². The van der Waals surface area contributed by atoms with Gasteiger partial charge in [0, 0.05) is 26.3 Å². The fourth-order valence-electron chi connectivity index (χ4n) is 3.79. The van der Waals surface area contributed by atoms with Gasteiger partial charge in [0.2, 0.25) is 5.28 Å². The van der Waals surface area contributed by atoms with Crippen LogP contribution in [0.4, 0.5) is 0 Å². The summed E-state index contributed by atoms with van der Waals surface area (Å²) in [4.78, 5) is 15.9. The largest absolute Gasteiger partial charge is 0.226 e. The normalized spacial score (nSPS) is 14.2. The predicted octanol–water partition coefficient (Wildman–Crippen LogP) is 6.65. The van der Waals surface area contributed by atoms with Crippen molar-refractivity contribution in [2.45, 2.75) is 29.1 Å². The molecule has 3 aromatic carbocycles. The molecule has 0 saturated heterocycles. The van der Waals surface area contributed by atoms with Gasteiger partial charge < -0.3 is 0 Å². The highest BCUT2D eigenvalue weighted by Crippen LogP contribution is 2.49. The number of rotatable bonds is 2. The van der Waals surface area contributed by atoms with E-state index in [2.05, 4.69) is 71.3 Å².